The molecule has 0 aliphatic heterocycles. The number of carboxylic acids is 1. The quantitative estimate of drug-likeness (QED) is 0.194. The minimum absolute atomic E-state index is 0.201. The number of nitrogens with zero attached hydrogens (tertiary/aromatic N) is 1. The van der Waals surface area contributed by atoms with Gasteiger partial charge in [-0.1, -0.05) is 73.8 Å². The predicted octanol–water partition coefficient (Wildman–Crippen LogP) is 7.04. The van der Waals surface area contributed by atoms with Crippen molar-refractivity contribution in [2.45, 2.75) is 65.1 Å². The number of rotatable bonds is 11. The fourth-order valence-corrected chi connectivity index (χ4v) is 4.41. The lowest BCUT2D eigenvalue weighted by Gasteiger charge is -2.28. The van der Waals surface area contributed by atoms with E-state index in [4.69, 9.17) is 0 Å². The Morgan fingerprint density at radius 2 is 1.64 bits per heavy atom. The maximum absolute atomic E-state index is 14.7. The lowest BCUT2D eigenvalue weighted by molar-refractivity contribution is -0.143. The largest absolute Gasteiger partial charge is 0.481 e. The van der Waals surface area contributed by atoms with E-state index in [2.05, 4.69) is 43.0 Å². The highest BCUT2D eigenvalue weighted by molar-refractivity contribution is 5.97. The third-order valence-corrected chi connectivity index (χ3v) is 6.83. The van der Waals surface area contributed by atoms with E-state index in [-0.39, 0.29) is 11.5 Å². The number of hydrogen-bond donors (Lipinski definition) is 1. The molecule has 1 aliphatic rings. The third-order valence-electron chi connectivity index (χ3n) is 6.83. The van der Waals surface area contributed by atoms with Crippen molar-refractivity contribution in [1.82, 2.24) is 4.90 Å². The first-order valence-electron chi connectivity index (χ1n) is 13.7. The molecule has 5 heteroatoms. The molecule has 2 aromatic carbocycles. The van der Waals surface area contributed by atoms with Crippen LogP contribution in [0, 0.1) is 17.8 Å². The lowest BCUT2D eigenvalue weighted by atomic mass is 9.84. The topological polar surface area (TPSA) is 57.6 Å². The van der Waals surface area contributed by atoms with Crippen molar-refractivity contribution in [1.29, 1.82) is 0 Å². The van der Waals surface area contributed by atoms with Crippen LogP contribution in [0.25, 0.3) is 0 Å². The highest BCUT2D eigenvalue weighted by atomic mass is 19.1. The molecular weight excluding hydrogens is 489 g/mol. The summed E-state index contributed by atoms with van der Waals surface area (Å²) in [5.41, 5.74) is 2.27. The molecule has 2 atom stereocenters. The van der Waals surface area contributed by atoms with Gasteiger partial charge in [0.2, 0.25) is 0 Å². The standard InChI is InChI=1S/C34H38FNO3/c1-4-6-8-9-23-36(32(37)30-21-22-34(3,35)31(24-30)33(38)39)25-29-19-17-28(18-20-29)16-15-27-13-11-26(12-14-27)10-7-5-2/h4,6,11-14,17-22,24,31H,5,7-10,23,25H2,1-3H3,(H,38,39)/b6-4+. The average molecular weight is 528 g/mol. The van der Waals surface area contributed by atoms with E-state index >= 15 is 0 Å². The summed E-state index contributed by atoms with van der Waals surface area (Å²) in [4.78, 5) is 26.7. The summed E-state index contributed by atoms with van der Waals surface area (Å²) in [6, 6.07) is 16.2. The normalized spacial score (nSPS) is 18.4. The van der Waals surface area contributed by atoms with Crippen molar-refractivity contribution >= 4 is 11.9 Å². The fraction of sp³-hybridized carbons (Fsp3) is 0.353. The number of amides is 1. The van der Waals surface area contributed by atoms with Crippen LogP contribution in [-0.2, 0) is 22.6 Å². The first kappa shape index (κ1) is 29.6. The lowest BCUT2D eigenvalue weighted by Crippen LogP contribution is -2.38. The third kappa shape index (κ3) is 8.82. The summed E-state index contributed by atoms with van der Waals surface area (Å²) in [5.74, 6) is 3.41. The summed E-state index contributed by atoms with van der Waals surface area (Å²) in [5, 5.41) is 9.47. The van der Waals surface area contributed by atoms with Crippen LogP contribution in [-0.4, -0.2) is 34.1 Å². The van der Waals surface area contributed by atoms with Gasteiger partial charge < -0.3 is 10.0 Å². The number of aliphatic carboxylic acids is 1. The molecule has 2 unspecified atom stereocenters. The molecule has 0 saturated heterocycles. The van der Waals surface area contributed by atoms with Gasteiger partial charge in [0.1, 0.15) is 11.6 Å². The van der Waals surface area contributed by atoms with Crippen LogP contribution < -0.4 is 0 Å². The highest BCUT2D eigenvalue weighted by Gasteiger charge is 2.39. The van der Waals surface area contributed by atoms with Gasteiger partial charge in [-0.2, -0.15) is 0 Å². The van der Waals surface area contributed by atoms with Crippen molar-refractivity contribution in [3.8, 4) is 11.8 Å². The number of carbonyl (C=O) groups excluding carboxylic acids is 1. The Kier molecular flexibility index (Phi) is 10.9. The van der Waals surface area contributed by atoms with Crippen LogP contribution in [0.4, 0.5) is 4.39 Å². The van der Waals surface area contributed by atoms with Gasteiger partial charge in [-0.3, -0.25) is 9.59 Å². The zero-order valence-corrected chi connectivity index (χ0v) is 23.1. The molecule has 0 heterocycles. The van der Waals surface area contributed by atoms with Gasteiger partial charge in [-0.25, -0.2) is 4.39 Å². The zero-order chi connectivity index (χ0) is 28.3. The Morgan fingerprint density at radius 3 is 2.21 bits per heavy atom. The van der Waals surface area contributed by atoms with E-state index in [9.17, 15) is 19.1 Å². The van der Waals surface area contributed by atoms with Gasteiger partial charge in [0.15, 0.2) is 0 Å². The van der Waals surface area contributed by atoms with E-state index in [0.29, 0.717) is 13.1 Å². The molecule has 0 aromatic heterocycles. The molecule has 3 rings (SSSR count). The summed E-state index contributed by atoms with van der Waals surface area (Å²) >= 11 is 0. The molecule has 39 heavy (non-hydrogen) atoms. The molecule has 204 valence electrons. The molecule has 0 fully saturated rings. The van der Waals surface area contributed by atoms with E-state index in [1.807, 2.05) is 43.3 Å². The zero-order valence-electron chi connectivity index (χ0n) is 23.1. The Hall–Kier alpha value is -3.91. The van der Waals surface area contributed by atoms with E-state index < -0.39 is 17.6 Å². The first-order valence-corrected chi connectivity index (χ1v) is 13.7. The second-order valence-corrected chi connectivity index (χ2v) is 10.1. The van der Waals surface area contributed by atoms with Crippen LogP contribution in [0.5, 0.6) is 0 Å². The maximum atomic E-state index is 14.7. The van der Waals surface area contributed by atoms with E-state index in [1.165, 1.54) is 43.6 Å². The second kappa shape index (κ2) is 14.3. The number of carboxylic acid groups (broad SMARTS) is 1. The van der Waals surface area contributed by atoms with Crippen molar-refractivity contribution in [2.24, 2.45) is 5.92 Å². The molecule has 0 bridgehead atoms. The molecule has 1 aliphatic carbocycles. The molecule has 0 spiro atoms. The van der Waals surface area contributed by atoms with Crippen molar-refractivity contribution in [3.63, 3.8) is 0 Å². The number of alkyl halides is 1. The SMILES string of the molecule is C/C=C/CCCN(Cc1ccc(C#Cc2ccc(CCCC)cc2)cc1)C(=O)C1=CC(C(=O)O)C(C)(F)C=C1. The van der Waals surface area contributed by atoms with Crippen LogP contribution in [0.15, 0.2) is 84.5 Å². The smallest absolute Gasteiger partial charge is 0.314 e. The Morgan fingerprint density at radius 1 is 1.03 bits per heavy atom. The summed E-state index contributed by atoms with van der Waals surface area (Å²) < 4.78 is 14.7. The average Bonchev–Trinajstić information content (AvgIpc) is 2.93. The number of halogens is 1. The molecule has 2 aromatic rings. The van der Waals surface area contributed by atoms with Gasteiger partial charge in [-0.05, 0) is 81.0 Å². The molecule has 0 saturated carbocycles. The minimum Gasteiger partial charge on any atom is -0.481 e. The monoisotopic (exact) mass is 527 g/mol. The van der Waals surface area contributed by atoms with Gasteiger partial charge in [-0.15, -0.1) is 0 Å². The Bertz CT molecular complexity index is 1270. The van der Waals surface area contributed by atoms with Crippen LogP contribution in [0.2, 0.25) is 0 Å². The van der Waals surface area contributed by atoms with Crippen LogP contribution in [0.3, 0.4) is 0 Å². The van der Waals surface area contributed by atoms with Gasteiger partial charge in [0.25, 0.3) is 5.91 Å². The van der Waals surface area contributed by atoms with Crippen molar-refractivity contribution < 1.29 is 19.1 Å². The number of carbonyl (C=O) groups is 2. The van der Waals surface area contributed by atoms with E-state index in [1.54, 1.807) is 4.90 Å². The summed E-state index contributed by atoms with van der Waals surface area (Å²) in [6.45, 7) is 6.21. The first-order chi connectivity index (χ1) is 18.7. The summed E-state index contributed by atoms with van der Waals surface area (Å²) in [7, 11) is 0. The Balaban J connectivity index is 1.72. The number of unbranched alkanes of at least 4 members (excludes halogenated alkanes) is 2. The highest BCUT2D eigenvalue weighted by Crippen LogP contribution is 2.31. The number of allylic oxidation sites excluding steroid dienone is 3. The summed E-state index contributed by atoms with van der Waals surface area (Å²) in [6.07, 6.45) is 12.9. The fourth-order valence-electron chi connectivity index (χ4n) is 4.41. The molecule has 4 nitrogen and oxygen atoms in total. The molecule has 1 amide bonds. The van der Waals surface area contributed by atoms with Crippen LogP contribution in [0.1, 0.15) is 68.7 Å². The van der Waals surface area contributed by atoms with Gasteiger partial charge in [0.05, 0.1) is 0 Å². The minimum atomic E-state index is -2.04. The van der Waals surface area contributed by atoms with Crippen LogP contribution >= 0.6 is 0 Å². The second-order valence-electron chi connectivity index (χ2n) is 10.1. The van der Waals surface area contributed by atoms with Gasteiger partial charge >= 0.3 is 5.97 Å². The Labute approximate surface area is 231 Å². The van der Waals surface area contributed by atoms with Crippen molar-refractivity contribution in [2.75, 3.05) is 6.54 Å². The van der Waals surface area contributed by atoms with Crippen molar-refractivity contribution in [3.05, 3.63) is 107 Å². The number of benzene rings is 2. The predicted molar refractivity (Wildman–Crippen MR) is 155 cm³/mol. The van der Waals surface area contributed by atoms with E-state index in [0.717, 1.165) is 36.0 Å². The molecular formula is C34H38FNO3. The molecule has 0 radical (unpaired) electrons. The maximum Gasteiger partial charge on any atom is 0.314 e. The number of aryl methyl sites for hydroxylation is 1. The number of hydrogen-bond acceptors (Lipinski definition) is 2. The molecule has 1 N–H and O–H groups in total. The van der Waals surface area contributed by atoms with Gasteiger partial charge in [0, 0.05) is 29.8 Å².